The van der Waals surface area contributed by atoms with Crippen molar-refractivity contribution in [2.75, 3.05) is 13.2 Å². The number of ether oxygens (including phenoxy) is 2. The van der Waals surface area contributed by atoms with Gasteiger partial charge in [0, 0.05) is 5.92 Å². The summed E-state index contributed by atoms with van der Waals surface area (Å²) < 4.78 is 9.61. The predicted octanol–water partition coefficient (Wildman–Crippen LogP) is 1.18. The first-order chi connectivity index (χ1) is 9.60. The molecule has 1 amide bonds. The van der Waals surface area contributed by atoms with E-state index in [0.29, 0.717) is 0 Å². The number of esters is 2. The van der Waals surface area contributed by atoms with Gasteiger partial charge in [-0.3, -0.25) is 4.79 Å². The lowest BCUT2D eigenvalue weighted by molar-refractivity contribution is -0.160. The highest BCUT2D eigenvalue weighted by molar-refractivity contribution is 6.02. The molecule has 0 radical (unpaired) electrons. The average Bonchev–Trinajstić information content (AvgIpc) is 2.45. The Labute approximate surface area is 119 Å². The first-order valence-corrected chi connectivity index (χ1v) is 7.23. The zero-order valence-electron chi connectivity index (χ0n) is 12.1. The van der Waals surface area contributed by atoms with Gasteiger partial charge in [0.15, 0.2) is 0 Å². The molecule has 0 aromatic rings. The molecule has 1 aliphatic carbocycles. The first-order valence-electron chi connectivity index (χ1n) is 7.23. The smallest absolute Gasteiger partial charge is 0.340 e. The summed E-state index contributed by atoms with van der Waals surface area (Å²) in [7, 11) is 0. The Morgan fingerprint density at radius 2 is 1.50 bits per heavy atom. The van der Waals surface area contributed by atoms with Gasteiger partial charge in [-0.05, 0) is 26.7 Å². The number of carbonyl (C=O) groups excluding carboxylic acids is 3. The van der Waals surface area contributed by atoms with Gasteiger partial charge in [0.1, 0.15) is 0 Å². The highest BCUT2D eigenvalue weighted by atomic mass is 16.6. The third-order valence-electron chi connectivity index (χ3n) is 3.31. The zero-order chi connectivity index (χ0) is 15.0. The Kier molecular flexibility index (Phi) is 7.04. The molecule has 0 bridgehead atoms. The van der Waals surface area contributed by atoms with Gasteiger partial charge < -0.3 is 14.8 Å². The van der Waals surface area contributed by atoms with E-state index in [0.717, 1.165) is 32.1 Å². The van der Waals surface area contributed by atoms with Crippen LogP contribution in [0.4, 0.5) is 0 Å². The van der Waals surface area contributed by atoms with Gasteiger partial charge in [-0.25, -0.2) is 9.59 Å². The quantitative estimate of drug-likeness (QED) is 0.585. The van der Waals surface area contributed by atoms with Crippen LogP contribution < -0.4 is 5.32 Å². The minimum absolute atomic E-state index is 0.130. The average molecular weight is 285 g/mol. The molecule has 1 saturated carbocycles. The lowest BCUT2D eigenvalue weighted by Gasteiger charge is -2.23. The monoisotopic (exact) mass is 285 g/mol. The Hall–Kier alpha value is -1.59. The number of carbonyl (C=O) groups is 3. The molecule has 0 unspecified atom stereocenters. The summed E-state index contributed by atoms with van der Waals surface area (Å²) in [6.45, 7) is 3.58. The van der Waals surface area contributed by atoms with Crippen molar-refractivity contribution in [2.24, 2.45) is 5.92 Å². The van der Waals surface area contributed by atoms with Crippen molar-refractivity contribution in [1.29, 1.82) is 0 Å². The molecule has 0 atom stereocenters. The van der Waals surface area contributed by atoms with Gasteiger partial charge >= 0.3 is 11.9 Å². The maximum atomic E-state index is 12.1. The second-order valence-corrected chi connectivity index (χ2v) is 4.78. The van der Waals surface area contributed by atoms with Crippen LogP contribution in [0.1, 0.15) is 46.0 Å². The van der Waals surface area contributed by atoms with E-state index >= 15 is 0 Å². The van der Waals surface area contributed by atoms with E-state index in [1.165, 1.54) is 0 Å². The Bertz CT molecular complexity index is 331. The van der Waals surface area contributed by atoms with Crippen LogP contribution >= 0.6 is 0 Å². The van der Waals surface area contributed by atoms with Crippen molar-refractivity contribution >= 4 is 17.8 Å². The Morgan fingerprint density at radius 3 is 1.95 bits per heavy atom. The predicted molar refractivity (Wildman–Crippen MR) is 71.8 cm³/mol. The molecule has 0 aliphatic heterocycles. The van der Waals surface area contributed by atoms with E-state index in [9.17, 15) is 14.4 Å². The van der Waals surface area contributed by atoms with Crippen molar-refractivity contribution in [3.05, 3.63) is 0 Å². The lowest BCUT2D eigenvalue weighted by Crippen LogP contribution is -2.50. The summed E-state index contributed by atoms with van der Waals surface area (Å²) in [6.07, 6.45) is 4.72. The molecule has 0 aromatic heterocycles. The zero-order valence-corrected chi connectivity index (χ0v) is 12.1. The number of hydrogen-bond acceptors (Lipinski definition) is 5. The van der Waals surface area contributed by atoms with Crippen LogP contribution in [-0.2, 0) is 23.9 Å². The van der Waals surface area contributed by atoms with E-state index < -0.39 is 18.0 Å². The largest absolute Gasteiger partial charge is 0.464 e. The summed E-state index contributed by atoms with van der Waals surface area (Å²) in [6, 6.07) is -1.36. The molecule has 0 aromatic carbocycles. The topological polar surface area (TPSA) is 81.7 Å². The maximum absolute atomic E-state index is 12.1. The molecule has 6 nitrogen and oxygen atoms in total. The van der Waals surface area contributed by atoms with Crippen LogP contribution in [0.5, 0.6) is 0 Å². The third kappa shape index (κ3) is 4.83. The maximum Gasteiger partial charge on any atom is 0.340 e. The van der Waals surface area contributed by atoms with E-state index in [4.69, 9.17) is 9.47 Å². The van der Waals surface area contributed by atoms with Gasteiger partial charge in [-0.15, -0.1) is 0 Å². The van der Waals surface area contributed by atoms with E-state index in [1.807, 2.05) is 0 Å². The van der Waals surface area contributed by atoms with Crippen molar-refractivity contribution in [1.82, 2.24) is 5.32 Å². The van der Waals surface area contributed by atoms with Crippen molar-refractivity contribution in [2.45, 2.75) is 52.0 Å². The molecule has 1 aliphatic rings. The lowest BCUT2D eigenvalue weighted by atomic mass is 9.88. The van der Waals surface area contributed by atoms with Gasteiger partial charge in [0.05, 0.1) is 13.2 Å². The minimum Gasteiger partial charge on any atom is -0.464 e. The molecular formula is C14H23NO5. The van der Waals surface area contributed by atoms with Gasteiger partial charge in [0.2, 0.25) is 11.9 Å². The normalized spacial score (nSPS) is 15.8. The minimum atomic E-state index is -1.36. The summed E-state index contributed by atoms with van der Waals surface area (Å²) in [4.78, 5) is 35.6. The van der Waals surface area contributed by atoms with Crippen molar-refractivity contribution in [3.8, 4) is 0 Å². The summed E-state index contributed by atoms with van der Waals surface area (Å²) in [5, 5.41) is 2.47. The van der Waals surface area contributed by atoms with Gasteiger partial charge in [0.25, 0.3) is 0 Å². The highest BCUT2D eigenvalue weighted by Gasteiger charge is 2.33. The number of nitrogens with one attached hydrogen (secondary N) is 1. The molecule has 1 fully saturated rings. The number of rotatable bonds is 6. The molecule has 20 heavy (non-hydrogen) atoms. The van der Waals surface area contributed by atoms with Gasteiger partial charge in [-0.1, -0.05) is 19.3 Å². The second-order valence-electron chi connectivity index (χ2n) is 4.78. The third-order valence-corrected chi connectivity index (χ3v) is 3.31. The first kappa shape index (κ1) is 16.5. The van der Waals surface area contributed by atoms with Gasteiger partial charge in [-0.2, -0.15) is 0 Å². The Morgan fingerprint density at radius 1 is 1.00 bits per heavy atom. The standard InChI is InChI=1S/C14H23NO5/c1-3-19-13(17)11(14(18)20-4-2)15-12(16)10-8-6-5-7-9-10/h10-11H,3-9H2,1-2H3,(H,15,16). The summed E-state index contributed by atoms with van der Waals surface area (Å²) in [5.41, 5.74) is 0. The fourth-order valence-corrected chi connectivity index (χ4v) is 2.29. The summed E-state index contributed by atoms with van der Waals surface area (Å²) >= 11 is 0. The van der Waals surface area contributed by atoms with Crippen molar-refractivity contribution < 1.29 is 23.9 Å². The van der Waals surface area contributed by atoms with E-state index in [1.54, 1.807) is 13.8 Å². The number of amides is 1. The molecule has 0 spiro atoms. The fourth-order valence-electron chi connectivity index (χ4n) is 2.29. The fraction of sp³-hybridized carbons (Fsp3) is 0.786. The SMILES string of the molecule is CCOC(=O)C(NC(=O)C1CCCCC1)C(=O)OCC. The molecular weight excluding hydrogens is 262 g/mol. The molecule has 0 saturated heterocycles. The van der Waals surface area contributed by atoms with Crippen LogP contribution in [-0.4, -0.2) is 37.1 Å². The second kappa shape index (κ2) is 8.55. The molecule has 1 N–H and O–H groups in total. The van der Waals surface area contributed by atoms with Crippen LogP contribution in [0.3, 0.4) is 0 Å². The highest BCUT2D eigenvalue weighted by Crippen LogP contribution is 2.23. The summed E-state index contributed by atoms with van der Waals surface area (Å²) in [5.74, 6) is -1.93. The molecule has 1 rings (SSSR count). The van der Waals surface area contributed by atoms with Crippen LogP contribution in [0.25, 0.3) is 0 Å². The number of hydrogen-bond donors (Lipinski definition) is 1. The van der Waals surface area contributed by atoms with E-state index in [2.05, 4.69) is 5.32 Å². The van der Waals surface area contributed by atoms with Crippen molar-refractivity contribution in [3.63, 3.8) is 0 Å². The molecule has 6 heteroatoms. The van der Waals surface area contributed by atoms with Crippen LogP contribution in [0.2, 0.25) is 0 Å². The Balaban J connectivity index is 2.64. The molecule has 114 valence electrons. The van der Waals surface area contributed by atoms with Crippen LogP contribution in [0.15, 0.2) is 0 Å². The molecule has 0 heterocycles. The van der Waals surface area contributed by atoms with Crippen LogP contribution in [0, 0.1) is 5.92 Å². The van der Waals surface area contributed by atoms with E-state index in [-0.39, 0.29) is 25.0 Å².